The number of rotatable bonds is 7. The molecule has 0 aliphatic heterocycles. The second kappa shape index (κ2) is 8.56. The second-order valence-electron chi connectivity index (χ2n) is 5.04. The maximum absolute atomic E-state index is 11.9. The maximum atomic E-state index is 11.9. The summed E-state index contributed by atoms with van der Waals surface area (Å²) in [5.74, 6) is 0.354. The van der Waals surface area contributed by atoms with Gasteiger partial charge >= 0.3 is 5.97 Å². The zero-order valence-electron chi connectivity index (χ0n) is 13.1. The normalized spacial score (nSPS) is 11.8. The molecule has 1 atom stereocenters. The van der Waals surface area contributed by atoms with Crippen LogP contribution in [0, 0.1) is 0 Å². The first-order valence-electron chi connectivity index (χ1n) is 7.24. The lowest BCUT2D eigenvalue weighted by atomic mass is 10.2. The highest BCUT2D eigenvalue weighted by atomic mass is 35.5. The minimum absolute atomic E-state index is 0.197. The molecule has 0 aromatic heterocycles. The predicted molar refractivity (Wildman–Crippen MR) is 88.5 cm³/mol. The van der Waals surface area contributed by atoms with Crippen molar-refractivity contribution < 1.29 is 19.0 Å². The summed E-state index contributed by atoms with van der Waals surface area (Å²) in [7, 11) is 1.61. The van der Waals surface area contributed by atoms with E-state index in [-0.39, 0.29) is 6.61 Å². The van der Waals surface area contributed by atoms with E-state index in [0.29, 0.717) is 11.6 Å². The number of ether oxygens (including phenoxy) is 3. The van der Waals surface area contributed by atoms with Gasteiger partial charge in [-0.25, -0.2) is 4.79 Å². The highest BCUT2D eigenvalue weighted by Gasteiger charge is 2.15. The first kappa shape index (κ1) is 17.3. The molecular weight excluding hydrogens is 316 g/mol. The minimum atomic E-state index is -0.645. The van der Waals surface area contributed by atoms with Crippen LogP contribution < -0.4 is 4.74 Å². The number of methoxy groups -OCH3 is 1. The Morgan fingerprint density at radius 1 is 1.09 bits per heavy atom. The van der Waals surface area contributed by atoms with Crippen LogP contribution in [0.15, 0.2) is 48.5 Å². The molecule has 0 aliphatic carbocycles. The second-order valence-corrected chi connectivity index (χ2v) is 5.48. The van der Waals surface area contributed by atoms with E-state index in [0.717, 1.165) is 16.9 Å². The van der Waals surface area contributed by atoms with Crippen molar-refractivity contribution >= 4 is 17.6 Å². The average Bonchev–Trinajstić information content (AvgIpc) is 2.59. The molecule has 0 spiro atoms. The molecule has 0 N–H and O–H groups in total. The summed E-state index contributed by atoms with van der Waals surface area (Å²) in [6.07, 6.45) is -0.645. The van der Waals surface area contributed by atoms with Gasteiger partial charge in [0.1, 0.15) is 12.4 Å². The molecule has 0 amide bonds. The Morgan fingerprint density at radius 2 is 1.83 bits per heavy atom. The van der Waals surface area contributed by atoms with Crippen molar-refractivity contribution in [3.63, 3.8) is 0 Å². The van der Waals surface area contributed by atoms with Gasteiger partial charge < -0.3 is 14.2 Å². The highest BCUT2D eigenvalue weighted by molar-refractivity contribution is 6.30. The third kappa shape index (κ3) is 5.58. The van der Waals surface area contributed by atoms with Crippen LogP contribution in [-0.4, -0.2) is 19.2 Å². The van der Waals surface area contributed by atoms with E-state index in [1.54, 1.807) is 26.2 Å². The van der Waals surface area contributed by atoms with E-state index in [9.17, 15) is 4.79 Å². The molecule has 2 rings (SSSR count). The summed E-state index contributed by atoms with van der Waals surface area (Å²) in [5, 5.41) is 0.648. The van der Waals surface area contributed by atoms with Crippen molar-refractivity contribution in [1.82, 2.24) is 0 Å². The van der Waals surface area contributed by atoms with Gasteiger partial charge in [0.25, 0.3) is 0 Å². The summed E-state index contributed by atoms with van der Waals surface area (Å²) >= 11 is 5.81. The fourth-order valence-electron chi connectivity index (χ4n) is 1.90. The van der Waals surface area contributed by atoms with Gasteiger partial charge in [-0.3, -0.25) is 0 Å². The molecule has 0 saturated carbocycles. The van der Waals surface area contributed by atoms with Crippen LogP contribution >= 0.6 is 11.6 Å². The van der Waals surface area contributed by atoms with Gasteiger partial charge in [-0.05, 0) is 42.3 Å². The van der Waals surface area contributed by atoms with Gasteiger partial charge in [0, 0.05) is 5.02 Å². The van der Waals surface area contributed by atoms with Crippen molar-refractivity contribution in [2.45, 2.75) is 26.2 Å². The molecule has 23 heavy (non-hydrogen) atoms. The number of benzene rings is 2. The molecule has 0 bridgehead atoms. The van der Waals surface area contributed by atoms with Gasteiger partial charge in [-0.15, -0.1) is 0 Å². The Morgan fingerprint density at radius 3 is 2.52 bits per heavy atom. The Balaban J connectivity index is 1.79. The third-order valence-electron chi connectivity index (χ3n) is 3.26. The average molecular weight is 335 g/mol. The Kier molecular flexibility index (Phi) is 6.44. The van der Waals surface area contributed by atoms with Crippen LogP contribution in [0.25, 0.3) is 0 Å². The van der Waals surface area contributed by atoms with Crippen LogP contribution in [0.3, 0.4) is 0 Å². The molecule has 4 nitrogen and oxygen atoms in total. The monoisotopic (exact) mass is 334 g/mol. The highest BCUT2D eigenvalue weighted by Crippen LogP contribution is 2.14. The van der Waals surface area contributed by atoms with E-state index in [1.165, 1.54) is 0 Å². The summed E-state index contributed by atoms with van der Waals surface area (Å²) < 4.78 is 15.9. The van der Waals surface area contributed by atoms with Gasteiger partial charge in [-0.1, -0.05) is 35.9 Å². The lowest BCUT2D eigenvalue weighted by molar-refractivity contribution is -0.158. The first-order chi connectivity index (χ1) is 11.1. The van der Waals surface area contributed by atoms with Gasteiger partial charge in [0.15, 0.2) is 6.10 Å². The van der Waals surface area contributed by atoms with Crippen LogP contribution in [0.1, 0.15) is 18.1 Å². The summed E-state index contributed by atoms with van der Waals surface area (Å²) in [6.45, 7) is 2.18. The van der Waals surface area contributed by atoms with Crippen molar-refractivity contribution in [3.05, 3.63) is 64.7 Å². The third-order valence-corrected chi connectivity index (χ3v) is 3.51. The molecule has 1 unspecified atom stereocenters. The van der Waals surface area contributed by atoms with Crippen molar-refractivity contribution in [3.8, 4) is 5.75 Å². The molecule has 0 fully saturated rings. The molecule has 122 valence electrons. The minimum Gasteiger partial charge on any atom is -0.497 e. The molecule has 2 aromatic carbocycles. The lowest BCUT2D eigenvalue weighted by Crippen LogP contribution is -2.23. The number of hydrogen-bond donors (Lipinski definition) is 0. The summed E-state index contributed by atoms with van der Waals surface area (Å²) in [4.78, 5) is 11.9. The standard InChI is InChI=1S/C18H19ClO4/c1-13(22-12-15-4-3-5-17(10-15)21-2)18(20)23-11-14-6-8-16(19)9-7-14/h3-10,13H,11-12H2,1-2H3. The summed E-state index contributed by atoms with van der Waals surface area (Å²) in [5.41, 5.74) is 1.81. The molecular formula is C18H19ClO4. The zero-order chi connectivity index (χ0) is 16.7. The first-order valence-corrected chi connectivity index (χ1v) is 7.62. The largest absolute Gasteiger partial charge is 0.497 e. The quantitative estimate of drug-likeness (QED) is 0.718. The van der Waals surface area contributed by atoms with E-state index >= 15 is 0 Å². The SMILES string of the molecule is COc1cccc(COC(C)C(=O)OCc2ccc(Cl)cc2)c1. The van der Waals surface area contributed by atoms with Gasteiger partial charge in [-0.2, -0.15) is 0 Å². The van der Waals surface area contributed by atoms with Crippen molar-refractivity contribution in [2.24, 2.45) is 0 Å². The van der Waals surface area contributed by atoms with Crippen LogP contribution in [-0.2, 0) is 27.5 Å². The molecule has 0 radical (unpaired) electrons. The lowest BCUT2D eigenvalue weighted by Gasteiger charge is -2.13. The van der Waals surface area contributed by atoms with E-state index in [4.69, 9.17) is 25.8 Å². The molecule has 2 aromatic rings. The smallest absolute Gasteiger partial charge is 0.335 e. The number of halogens is 1. The number of carbonyl (C=O) groups excluding carboxylic acids is 1. The zero-order valence-corrected chi connectivity index (χ0v) is 13.9. The van der Waals surface area contributed by atoms with E-state index in [1.807, 2.05) is 36.4 Å². The van der Waals surface area contributed by atoms with Crippen molar-refractivity contribution in [2.75, 3.05) is 7.11 Å². The van der Waals surface area contributed by atoms with Crippen LogP contribution in [0.2, 0.25) is 5.02 Å². The van der Waals surface area contributed by atoms with Crippen LogP contribution in [0.4, 0.5) is 0 Å². The fourth-order valence-corrected chi connectivity index (χ4v) is 2.03. The van der Waals surface area contributed by atoms with Crippen LogP contribution in [0.5, 0.6) is 5.75 Å². The van der Waals surface area contributed by atoms with Crippen molar-refractivity contribution in [1.29, 1.82) is 0 Å². The predicted octanol–water partition coefficient (Wildman–Crippen LogP) is 4.00. The summed E-state index contributed by atoms with van der Waals surface area (Å²) in [6, 6.07) is 14.7. The molecule has 0 saturated heterocycles. The molecule has 0 aliphatic rings. The fraction of sp³-hybridized carbons (Fsp3) is 0.278. The Hall–Kier alpha value is -2.04. The van der Waals surface area contributed by atoms with E-state index in [2.05, 4.69) is 0 Å². The topological polar surface area (TPSA) is 44.8 Å². The van der Waals surface area contributed by atoms with E-state index < -0.39 is 12.1 Å². The van der Waals surface area contributed by atoms with Gasteiger partial charge in [0.05, 0.1) is 13.7 Å². The Labute approximate surface area is 140 Å². The Bertz CT molecular complexity index is 640. The molecule has 0 heterocycles. The number of carbonyl (C=O) groups is 1. The number of esters is 1. The number of hydrogen-bond acceptors (Lipinski definition) is 4. The van der Waals surface area contributed by atoms with Gasteiger partial charge in [0.2, 0.25) is 0 Å². The molecule has 5 heteroatoms. The maximum Gasteiger partial charge on any atom is 0.335 e.